The number of methoxy groups -OCH3 is 2. The van der Waals surface area contributed by atoms with Crippen molar-refractivity contribution in [2.24, 2.45) is 0 Å². The maximum Gasteiger partial charge on any atom is 0.278 e. The number of rotatable bonds is 6. The van der Waals surface area contributed by atoms with Crippen LogP contribution in [0.1, 0.15) is 10.5 Å². The number of nitrogens with one attached hydrogen (secondary N) is 1. The van der Waals surface area contributed by atoms with Gasteiger partial charge in [0, 0.05) is 18.0 Å². The number of amides is 1. The number of hydrogen-bond donors (Lipinski definition) is 2. The van der Waals surface area contributed by atoms with Gasteiger partial charge in [-0.1, -0.05) is 11.6 Å². The van der Waals surface area contributed by atoms with E-state index in [-0.39, 0.29) is 17.2 Å². The molecule has 144 valence electrons. The largest absolute Gasteiger partial charge is 0.503 e. The number of ether oxygens (including phenoxy) is 3. The van der Waals surface area contributed by atoms with Crippen LogP contribution in [0.15, 0.2) is 54.7 Å². The predicted octanol–water partition coefficient (Wildman–Crippen LogP) is 4.50. The summed E-state index contributed by atoms with van der Waals surface area (Å²) in [6, 6.07) is 13.3. The highest BCUT2D eigenvalue weighted by molar-refractivity contribution is 6.32. The summed E-state index contributed by atoms with van der Waals surface area (Å²) in [5.41, 5.74) is 0.259. The van der Waals surface area contributed by atoms with Gasteiger partial charge in [0.05, 0.1) is 19.2 Å². The third-order valence-corrected chi connectivity index (χ3v) is 4.09. The molecule has 2 N–H and O–H groups in total. The fraction of sp³-hybridized carbons (Fsp3) is 0.100. The molecule has 0 aliphatic carbocycles. The van der Waals surface area contributed by atoms with Crippen molar-refractivity contribution in [1.29, 1.82) is 0 Å². The van der Waals surface area contributed by atoms with Gasteiger partial charge in [0.1, 0.15) is 17.2 Å². The zero-order chi connectivity index (χ0) is 20.1. The second-order valence-electron chi connectivity index (χ2n) is 5.59. The quantitative estimate of drug-likeness (QED) is 0.633. The molecular weight excluding hydrogens is 384 g/mol. The Bertz CT molecular complexity index is 992. The number of benzene rings is 2. The summed E-state index contributed by atoms with van der Waals surface area (Å²) in [5, 5.41) is 13.0. The molecule has 1 aromatic heterocycles. The predicted molar refractivity (Wildman–Crippen MR) is 105 cm³/mol. The number of aromatic hydroxyl groups is 1. The van der Waals surface area contributed by atoms with E-state index in [0.717, 1.165) is 0 Å². The molecule has 0 aliphatic heterocycles. The fourth-order valence-electron chi connectivity index (χ4n) is 2.39. The Morgan fingerprint density at radius 2 is 1.71 bits per heavy atom. The molecule has 0 radical (unpaired) electrons. The van der Waals surface area contributed by atoms with Crippen molar-refractivity contribution in [2.75, 3.05) is 19.5 Å². The molecule has 0 atom stereocenters. The van der Waals surface area contributed by atoms with Crippen LogP contribution in [-0.2, 0) is 0 Å². The first-order chi connectivity index (χ1) is 13.5. The number of hydrogen-bond acceptors (Lipinski definition) is 6. The number of pyridine rings is 1. The van der Waals surface area contributed by atoms with Crippen LogP contribution in [0.4, 0.5) is 5.69 Å². The molecule has 0 bridgehead atoms. The first kappa shape index (κ1) is 19.3. The Morgan fingerprint density at radius 1 is 1.00 bits per heavy atom. The van der Waals surface area contributed by atoms with Crippen molar-refractivity contribution in [2.45, 2.75) is 0 Å². The molecular formula is C20H17ClN2O5. The third kappa shape index (κ3) is 4.27. The highest BCUT2D eigenvalue weighted by Crippen LogP contribution is 2.33. The molecule has 2 aromatic carbocycles. The molecule has 0 saturated heterocycles. The standard InChI is InChI=1S/C20H17ClN2O5/c1-26-13-4-6-14(7-5-13)28-16-8-3-12(11-15(16)21)23-20(25)18-19(24)17(27-2)9-10-22-18/h3-11,24H,1-2H3,(H,23,25). The number of carbonyl (C=O) groups excluding carboxylic acids is 1. The molecule has 28 heavy (non-hydrogen) atoms. The smallest absolute Gasteiger partial charge is 0.278 e. The summed E-state index contributed by atoms with van der Waals surface area (Å²) in [5.74, 6) is 0.939. The number of carbonyl (C=O) groups is 1. The summed E-state index contributed by atoms with van der Waals surface area (Å²) < 4.78 is 15.8. The number of anilines is 1. The molecule has 0 saturated carbocycles. The van der Waals surface area contributed by atoms with E-state index in [1.54, 1.807) is 43.5 Å². The van der Waals surface area contributed by atoms with Crippen LogP contribution in [0, 0.1) is 0 Å². The van der Waals surface area contributed by atoms with E-state index < -0.39 is 5.91 Å². The van der Waals surface area contributed by atoms with Crippen molar-refractivity contribution in [3.8, 4) is 28.7 Å². The molecule has 3 rings (SSSR count). The zero-order valence-corrected chi connectivity index (χ0v) is 15.9. The maximum absolute atomic E-state index is 12.4. The summed E-state index contributed by atoms with van der Waals surface area (Å²) in [4.78, 5) is 16.3. The van der Waals surface area contributed by atoms with E-state index in [2.05, 4.69) is 10.3 Å². The van der Waals surface area contributed by atoms with Gasteiger partial charge in [-0.2, -0.15) is 0 Å². The molecule has 0 aliphatic rings. The SMILES string of the molecule is COc1ccc(Oc2ccc(NC(=O)c3nccc(OC)c3O)cc2Cl)cc1. The Hall–Kier alpha value is -3.45. The highest BCUT2D eigenvalue weighted by Gasteiger charge is 2.17. The average molecular weight is 401 g/mol. The molecule has 0 unspecified atom stereocenters. The first-order valence-corrected chi connectivity index (χ1v) is 8.54. The van der Waals surface area contributed by atoms with Gasteiger partial charge in [0.25, 0.3) is 5.91 Å². The molecule has 7 nitrogen and oxygen atoms in total. The molecule has 3 aromatic rings. The lowest BCUT2D eigenvalue weighted by Crippen LogP contribution is -2.14. The van der Waals surface area contributed by atoms with Crippen molar-refractivity contribution in [1.82, 2.24) is 4.98 Å². The van der Waals surface area contributed by atoms with Gasteiger partial charge in [-0.3, -0.25) is 4.79 Å². The summed E-state index contributed by atoms with van der Waals surface area (Å²) in [6.07, 6.45) is 1.37. The van der Waals surface area contributed by atoms with Crippen molar-refractivity contribution in [3.63, 3.8) is 0 Å². The summed E-state index contributed by atoms with van der Waals surface area (Å²) in [7, 11) is 2.97. The van der Waals surface area contributed by atoms with Gasteiger partial charge in [-0.15, -0.1) is 0 Å². The van der Waals surface area contributed by atoms with Crippen LogP contribution in [0.25, 0.3) is 0 Å². The van der Waals surface area contributed by atoms with Crippen LogP contribution in [-0.4, -0.2) is 30.2 Å². The lowest BCUT2D eigenvalue weighted by molar-refractivity contribution is 0.101. The van der Waals surface area contributed by atoms with E-state index >= 15 is 0 Å². The second-order valence-corrected chi connectivity index (χ2v) is 5.99. The lowest BCUT2D eigenvalue weighted by Gasteiger charge is -2.11. The Labute approximate surface area is 166 Å². The van der Waals surface area contributed by atoms with E-state index in [4.69, 9.17) is 25.8 Å². The lowest BCUT2D eigenvalue weighted by atomic mass is 10.2. The van der Waals surface area contributed by atoms with Gasteiger partial charge in [-0.25, -0.2) is 4.98 Å². The number of nitrogens with zero attached hydrogens (tertiary/aromatic N) is 1. The minimum absolute atomic E-state index is 0.154. The van der Waals surface area contributed by atoms with Gasteiger partial charge in [-0.05, 0) is 42.5 Å². The highest BCUT2D eigenvalue weighted by atomic mass is 35.5. The van der Waals surface area contributed by atoms with E-state index in [1.807, 2.05) is 0 Å². The van der Waals surface area contributed by atoms with Crippen LogP contribution >= 0.6 is 11.6 Å². The van der Waals surface area contributed by atoms with Crippen molar-refractivity contribution in [3.05, 3.63) is 65.4 Å². The minimum Gasteiger partial charge on any atom is -0.503 e. The van der Waals surface area contributed by atoms with E-state index in [9.17, 15) is 9.90 Å². The topological polar surface area (TPSA) is 89.9 Å². The Morgan fingerprint density at radius 3 is 2.36 bits per heavy atom. The van der Waals surface area contributed by atoms with Crippen molar-refractivity contribution >= 4 is 23.2 Å². The van der Waals surface area contributed by atoms with Crippen LogP contribution in [0.3, 0.4) is 0 Å². The minimum atomic E-state index is -0.601. The number of halogens is 1. The van der Waals surface area contributed by atoms with Crippen LogP contribution in [0.2, 0.25) is 5.02 Å². The second kappa shape index (κ2) is 8.49. The van der Waals surface area contributed by atoms with E-state index in [1.165, 1.54) is 25.4 Å². The van der Waals surface area contributed by atoms with Crippen molar-refractivity contribution < 1.29 is 24.1 Å². The van der Waals surface area contributed by atoms with Gasteiger partial charge in [0.15, 0.2) is 17.2 Å². The Balaban J connectivity index is 1.74. The van der Waals surface area contributed by atoms with Gasteiger partial charge >= 0.3 is 0 Å². The summed E-state index contributed by atoms with van der Waals surface area (Å²) >= 11 is 6.26. The molecule has 1 amide bonds. The normalized spacial score (nSPS) is 10.2. The van der Waals surface area contributed by atoms with Crippen LogP contribution < -0.4 is 19.5 Å². The van der Waals surface area contributed by atoms with Gasteiger partial charge < -0.3 is 24.6 Å². The molecule has 0 fully saturated rings. The average Bonchev–Trinajstić information content (AvgIpc) is 2.70. The zero-order valence-electron chi connectivity index (χ0n) is 15.1. The first-order valence-electron chi connectivity index (χ1n) is 8.16. The Kier molecular flexibility index (Phi) is 5.86. The molecule has 8 heteroatoms. The third-order valence-electron chi connectivity index (χ3n) is 3.80. The van der Waals surface area contributed by atoms with E-state index in [0.29, 0.717) is 28.0 Å². The monoisotopic (exact) mass is 400 g/mol. The number of aromatic nitrogens is 1. The molecule has 0 spiro atoms. The fourth-order valence-corrected chi connectivity index (χ4v) is 2.61. The molecule has 1 heterocycles. The van der Waals surface area contributed by atoms with Gasteiger partial charge in [0.2, 0.25) is 0 Å². The van der Waals surface area contributed by atoms with Crippen LogP contribution in [0.5, 0.6) is 28.7 Å². The summed E-state index contributed by atoms with van der Waals surface area (Å²) in [6.45, 7) is 0. The maximum atomic E-state index is 12.4.